The van der Waals surface area contributed by atoms with Crippen LogP contribution in [-0.2, 0) is 6.54 Å². The van der Waals surface area contributed by atoms with E-state index in [-0.39, 0.29) is 5.91 Å². The van der Waals surface area contributed by atoms with E-state index in [1.54, 1.807) is 24.5 Å². The van der Waals surface area contributed by atoms with Crippen LogP contribution in [0.3, 0.4) is 0 Å². The molecule has 0 aliphatic rings. The van der Waals surface area contributed by atoms with Crippen LogP contribution in [0.5, 0.6) is 0 Å². The molecule has 2 heterocycles. The number of hydrogen-bond acceptors (Lipinski definition) is 3. The van der Waals surface area contributed by atoms with Gasteiger partial charge in [-0.2, -0.15) is 10.2 Å². The van der Waals surface area contributed by atoms with Crippen molar-refractivity contribution in [1.29, 1.82) is 0 Å². The molecule has 0 bridgehead atoms. The molecule has 0 aliphatic carbocycles. The first-order valence-electron chi connectivity index (χ1n) is 6.18. The van der Waals surface area contributed by atoms with Gasteiger partial charge in [0.2, 0.25) is 0 Å². The van der Waals surface area contributed by atoms with E-state index < -0.39 is 0 Å². The molecule has 100 valence electrons. The molecule has 0 aliphatic heterocycles. The maximum Gasteiger partial charge on any atom is 0.251 e. The SMILES string of the molecule is O=C(NCc1ccn[nH]1)c1ccc(-c2cn[nH]c2)cc1. The molecule has 0 radical (unpaired) electrons. The number of benzene rings is 1. The van der Waals surface area contributed by atoms with Crippen molar-refractivity contribution in [1.82, 2.24) is 25.7 Å². The van der Waals surface area contributed by atoms with E-state index in [2.05, 4.69) is 25.7 Å². The van der Waals surface area contributed by atoms with E-state index >= 15 is 0 Å². The fourth-order valence-electron chi connectivity index (χ4n) is 1.88. The molecule has 1 amide bonds. The fourth-order valence-corrected chi connectivity index (χ4v) is 1.88. The molecule has 0 spiro atoms. The molecule has 0 fully saturated rings. The Hall–Kier alpha value is -2.89. The molecular formula is C14H13N5O. The van der Waals surface area contributed by atoms with Crippen molar-refractivity contribution in [3.8, 4) is 11.1 Å². The van der Waals surface area contributed by atoms with Crippen molar-refractivity contribution in [3.05, 3.63) is 60.2 Å². The summed E-state index contributed by atoms with van der Waals surface area (Å²) in [4.78, 5) is 12.0. The van der Waals surface area contributed by atoms with Gasteiger partial charge in [-0.25, -0.2) is 0 Å². The monoisotopic (exact) mass is 267 g/mol. The molecule has 0 atom stereocenters. The summed E-state index contributed by atoms with van der Waals surface area (Å²) in [5, 5.41) is 16.1. The van der Waals surface area contributed by atoms with Crippen LogP contribution in [0.2, 0.25) is 0 Å². The maximum absolute atomic E-state index is 12.0. The quantitative estimate of drug-likeness (QED) is 0.672. The molecule has 0 unspecified atom stereocenters. The number of nitrogens with zero attached hydrogens (tertiary/aromatic N) is 2. The van der Waals surface area contributed by atoms with Crippen LogP contribution in [0.1, 0.15) is 16.1 Å². The minimum Gasteiger partial charge on any atom is -0.346 e. The lowest BCUT2D eigenvalue weighted by molar-refractivity contribution is 0.0950. The van der Waals surface area contributed by atoms with Crippen molar-refractivity contribution in [2.24, 2.45) is 0 Å². The third-order valence-corrected chi connectivity index (χ3v) is 2.98. The van der Waals surface area contributed by atoms with Gasteiger partial charge in [-0.15, -0.1) is 0 Å². The number of H-pyrrole nitrogens is 2. The van der Waals surface area contributed by atoms with Crippen LogP contribution in [0.4, 0.5) is 0 Å². The van der Waals surface area contributed by atoms with Gasteiger partial charge in [0.05, 0.1) is 18.4 Å². The lowest BCUT2D eigenvalue weighted by Gasteiger charge is -2.04. The van der Waals surface area contributed by atoms with E-state index in [4.69, 9.17) is 0 Å². The molecule has 1 aromatic carbocycles. The molecule has 0 saturated heterocycles. The standard InChI is InChI=1S/C14H13N5O/c20-14(15-9-13-5-6-16-19-13)11-3-1-10(2-4-11)12-7-17-18-8-12/h1-8H,9H2,(H,15,20)(H,16,19)(H,17,18). The van der Waals surface area contributed by atoms with Gasteiger partial charge in [-0.1, -0.05) is 12.1 Å². The summed E-state index contributed by atoms with van der Waals surface area (Å²) in [6, 6.07) is 9.21. The molecule has 3 N–H and O–H groups in total. The maximum atomic E-state index is 12.0. The predicted molar refractivity (Wildman–Crippen MR) is 73.8 cm³/mol. The number of rotatable bonds is 4. The highest BCUT2D eigenvalue weighted by molar-refractivity contribution is 5.94. The lowest BCUT2D eigenvalue weighted by atomic mass is 10.1. The largest absolute Gasteiger partial charge is 0.346 e. The lowest BCUT2D eigenvalue weighted by Crippen LogP contribution is -2.22. The number of carbonyl (C=O) groups excluding carboxylic acids is 1. The Labute approximate surface area is 115 Å². The summed E-state index contributed by atoms with van der Waals surface area (Å²) < 4.78 is 0. The molecule has 6 heteroatoms. The van der Waals surface area contributed by atoms with Crippen LogP contribution in [0.15, 0.2) is 48.9 Å². The van der Waals surface area contributed by atoms with Gasteiger partial charge in [-0.3, -0.25) is 15.0 Å². The summed E-state index contributed by atoms with van der Waals surface area (Å²) in [6.45, 7) is 0.433. The van der Waals surface area contributed by atoms with E-state index in [0.717, 1.165) is 16.8 Å². The van der Waals surface area contributed by atoms with Gasteiger partial charge < -0.3 is 5.32 Å². The zero-order valence-corrected chi connectivity index (χ0v) is 10.6. The van der Waals surface area contributed by atoms with Gasteiger partial charge in [-0.05, 0) is 23.8 Å². The van der Waals surface area contributed by atoms with Gasteiger partial charge in [0.15, 0.2) is 0 Å². The number of carbonyl (C=O) groups is 1. The number of hydrogen-bond donors (Lipinski definition) is 3. The van der Waals surface area contributed by atoms with Gasteiger partial charge in [0.25, 0.3) is 5.91 Å². The van der Waals surface area contributed by atoms with Crippen LogP contribution in [0, 0.1) is 0 Å². The van der Waals surface area contributed by atoms with Crippen molar-refractivity contribution >= 4 is 5.91 Å². The van der Waals surface area contributed by atoms with E-state index in [1.807, 2.05) is 24.4 Å². The van der Waals surface area contributed by atoms with Crippen LogP contribution >= 0.6 is 0 Å². The number of aromatic nitrogens is 4. The molecule has 2 aromatic heterocycles. The Bertz CT molecular complexity index is 671. The number of nitrogens with one attached hydrogen (secondary N) is 3. The van der Waals surface area contributed by atoms with Crippen LogP contribution < -0.4 is 5.32 Å². The Morgan fingerprint density at radius 1 is 1.10 bits per heavy atom. The zero-order chi connectivity index (χ0) is 13.8. The third kappa shape index (κ3) is 2.59. The Morgan fingerprint density at radius 3 is 2.60 bits per heavy atom. The van der Waals surface area contributed by atoms with Crippen molar-refractivity contribution < 1.29 is 4.79 Å². The van der Waals surface area contributed by atoms with Gasteiger partial charge in [0, 0.05) is 23.5 Å². The predicted octanol–water partition coefficient (Wildman–Crippen LogP) is 1.73. The second-order valence-electron chi connectivity index (χ2n) is 4.33. The second kappa shape index (κ2) is 5.40. The van der Waals surface area contributed by atoms with Crippen LogP contribution in [-0.4, -0.2) is 26.3 Å². The summed E-state index contributed by atoms with van der Waals surface area (Å²) >= 11 is 0. The zero-order valence-electron chi connectivity index (χ0n) is 10.6. The Balaban J connectivity index is 1.66. The van der Waals surface area contributed by atoms with Gasteiger partial charge in [0.1, 0.15) is 0 Å². The average Bonchev–Trinajstić information content (AvgIpc) is 3.18. The highest BCUT2D eigenvalue weighted by Gasteiger charge is 2.06. The minimum absolute atomic E-state index is 0.113. The smallest absolute Gasteiger partial charge is 0.251 e. The van der Waals surface area contributed by atoms with E-state index in [9.17, 15) is 4.79 Å². The number of aromatic amines is 2. The fraction of sp³-hybridized carbons (Fsp3) is 0.0714. The minimum atomic E-state index is -0.113. The molecular weight excluding hydrogens is 254 g/mol. The Morgan fingerprint density at radius 2 is 1.95 bits per heavy atom. The first-order chi connectivity index (χ1) is 9.83. The second-order valence-corrected chi connectivity index (χ2v) is 4.33. The van der Waals surface area contributed by atoms with Crippen molar-refractivity contribution in [2.45, 2.75) is 6.54 Å². The molecule has 3 rings (SSSR count). The first kappa shape index (κ1) is 12.2. The highest BCUT2D eigenvalue weighted by Crippen LogP contribution is 2.17. The summed E-state index contributed by atoms with van der Waals surface area (Å²) in [5.41, 5.74) is 3.50. The highest BCUT2D eigenvalue weighted by atomic mass is 16.1. The molecule has 0 saturated carbocycles. The van der Waals surface area contributed by atoms with E-state index in [0.29, 0.717) is 12.1 Å². The average molecular weight is 267 g/mol. The van der Waals surface area contributed by atoms with Gasteiger partial charge >= 0.3 is 0 Å². The van der Waals surface area contributed by atoms with Crippen molar-refractivity contribution in [3.63, 3.8) is 0 Å². The normalized spacial score (nSPS) is 10.4. The molecule has 3 aromatic rings. The summed E-state index contributed by atoms with van der Waals surface area (Å²) in [7, 11) is 0. The van der Waals surface area contributed by atoms with Crippen LogP contribution in [0.25, 0.3) is 11.1 Å². The molecule has 6 nitrogen and oxygen atoms in total. The van der Waals surface area contributed by atoms with E-state index in [1.165, 1.54) is 0 Å². The number of amides is 1. The topological polar surface area (TPSA) is 86.5 Å². The third-order valence-electron chi connectivity index (χ3n) is 2.98. The Kier molecular flexibility index (Phi) is 3.28. The van der Waals surface area contributed by atoms with Crippen molar-refractivity contribution in [2.75, 3.05) is 0 Å². The summed E-state index contributed by atoms with van der Waals surface area (Å²) in [6.07, 6.45) is 5.21. The first-order valence-corrected chi connectivity index (χ1v) is 6.18. The molecule has 20 heavy (non-hydrogen) atoms. The summed E-state index contributed by atoms with van der Waals surface area (Å²) in [5.74, 6) is -0.113.